The molecule has 6 nitrogen and oxygen atoms in total. The molecule has 2 rings (SSSR count). The van der Waals surface area contributed by atoms with Crippen LogP contribution < -0.4 is 0 Å². The molecule has 1 heterocycles. The second-order valence-corrected chi connectivity index (χ2v) is 7.20. The molecular weight excluding hydrogens is 336 g/mol. The van der Waals surface area contributed by atoms with E-state index in [1.165, 1.54) is 0 Å². The largest absolute Gasteiger partial charge is 0.462 e. The lowest BCUT2D eigenvalue weighted by Gasteiger charge is -2.31. The van der Waals surface area contributed by atoms with Gasteiger partial charge in [-0.15, -0.1) is 0 Å². The lowest BCUT2D eigenvalue weighted by molar-refractivity contribution is -0.232. The summed E-state index contributed by atoms with van der Waals surface area (Å²) in [5, 5.41) is 0. The zero-order valence-electron chi connectivity index (χ0n) is 15.9. The SMILES string of the molecule is CC(C)CCOC(=O)c1ccc(C(=O)OC2COC(C(C)C)OC2)cc1. The Morgan fingerprint density at radius 2 is 1.54 bits per heavy atom. The number of carbonyl (C=O) groups excluding carboxylic acids is 2. The van der Waals surface area contributed by atoms with Crippen molar-refractivity contribution in [1.29, 1.82) is 0 Å². The molecule has 1 saturated heterocycles. The van der Waals surface area contributed by atoms with Gasteiger partial charge >= 0.3 is 11.9 Å². The van der Waals surface area contributed by atoms with Gasteiger partial charge in [-0.2, -0.15) is 0 Å². The van der Waals surface area contributed by atoms with Gasteiger partial charge in [0.25, 0.3) is 0 Å². The third kappa shape index (κ3) is 6.11. The minimum Gasteiger partial charge on any atom is -0.462 e. The van der Waals surface area contributed by atoms with E-state index >= 15 is 0 Å². The summed E-state index contributed by atoms with van der Waals surface area (Å²) < 4.78 is 21.7. The zero-order chi connectivity index (χ0) is 19.1. The van der Waals surface area contributed by atoms with Crippen LogP contribution in [0.25, 0.3) is 0 Å². The van der Waals surface area contributed by atoms with Crippen LogP contribution in [0.5, 0.6) is 0 Å². The van der Waals surface area contributed by atoms with Crippen LogP contribution in [0.4, 0.5) is 0 Å². The number of rotatable bonds is 7. The molecule has 144 valence electrons. The quantitative estimate of drug-likeness (QED) is 0.690. The smallest absolute Gasteiger partial charge is 0.338 e. The molecule has 6 heteroatoms. The highest BCUT2D eigenvalue weighted by atomic mass is 16.7. The third-order valence-corrected chi connectivity index (χ3v) is 4.00. The van der Waals surface area contributed by atoms with Gasteiger partial charge in [-0.3, -0.25) is 0 Å². The predicted octanol–water partition coefficient (Wildman–Crippen LogP) is 3.44. The van der Waals surface area contributed by atoms with Crippen LogP contribution in [0.2, 0.25) is 0 Å². The van der Waals surface area contributed by atoms with E-state index in [9.17, 15) is 9.59 Å². The Morgan fingerprint density at radius 3 is 2.04 bits per heavy atom. The van der Waals surface area contributed by atoms with Gasteiger partial charge in [-0.25, -0.2) is 9.59 Å². The molecule has 0 N–H and O–H groups in total. The fraction of sp³-hybridized carbons (Fsp3) is 0.600. The van der Waals surface area contributed by atoms with Gasteiger partial charge in [0.1, 0.15) is 6.10 Å². The summed E-state index contributed by atoms with van der Waals surface area (Å²) in [5.74, 6) is -0.132. The van der Waals surface area contributed by atoms with Crippen LogP contribution in [0.1, 0.15) is 54.8 Å². The first-order valence-corrected chi connectivity index (χ1v) is 9.08. The highest BCUT2D eigenvalue weighted by Crippen LogP contribution is 2.17. The number of hydrogen-bond acceptors (Lipinski definition) is 6. The summed E-state index contributed by atoms with van der Waals surface area (Å²) in [7, 11) is 0. The lowest BCUT2D eigenvalue weighted by atomic mass is 10.1. The number of hydrogen-bond donors (Lipinski definition) is 0. The number of benzene rings is 1. The Morgan fingerprint density at radius 1 is 1.00 bits per heavy atom. The van der Waals surface area contributed by atoms with E-state index in [1.54, 1.807) is 24.3 Å². The first-order chi connectivity index (χ1) is 12.4. The maximum atomic E-state index is 12.2. The molecule has 0 spiro atoms. The van der Waals surface area contributed by atoms with Gasteiger partial charge in [0, 0.05) is 5.92 Å². The van der Waals surface area contributed by atoms with Crippen LogP contribution in [-0.4, -0.2) is 44.2 Å². The zero-order valence-corrected chi connectivity index (χ0v) is 15.9. The van der Waals surface area contributed by atoms with Crippen molar-refractivity contribution in [2.24, 2.45) is 11.8 Å². The fourth-order valence-corrected chi connectivity index (χ4v) is 2.39. The Balaban J connectivity index is 1.82. The third-order valence-electron chi connectivity index (χ3n) is 4.00. The van der Waals surface area contributed by atoms with Crippen molar-refractivity contribution < 1.29 is 28.5 Å². The van der Waals surface area contributed by atoms with Crippen molar-refractivity contribution in [2.75, 3.05) is 19.8 Å². The number of ether oxygens (including phenoxy) is 4. The van der Waals surface area contributed by atoms with E-state index in [-0.39, 0.29) is 18.2 Å². The van der Waals surface area contributed by atoms with Crippen molar-refractivity contribution in [3.8, 4) is 0 Å². The average Bonchev–Trinajstić information content (AvgIpc) is 2.62. The van der Waals surface area contributed by atoms with Gasteiger partial charge in [0.05, 0.1) is 30.9 Å². The van der Waals surface area contributed by atoms with Gasteiger partial charge in [-0.05, 0) is 36.6 Å². The Bertz CT molecular complexity index is 585. The Labute approximate surface area is 154 Å². The Kier molecular flexibility index (Phi) is 7.60. The minimum atomic E-state index is -0.468. The molecule has 1 aromatic rings. The van der Waals surface area contributed by atoms with Gasteiger partial charge < -0.3 is 18.9 Å². The van der Waals surface area contributed by atoms with E-state index in [0.717, 1.165) is 6.42 Å². The van der Waals surface area contributed by atoms with Crippen molar-refractivity contribution >= 4 is 11.9 Å². The van der Waals surface area contributed by atoms with E-state index in [1.807, 2.05) is 13.8 Å². The number of esters is 2. The number of carbonyl (C=O) groups is 2. The minimum absolute atomic E-state index is 0.250. The first-order valence-electron chi connectivity index (χ1n) is 9.08. The van der Waals surface area contributed by atoms with Crippen molar-refractivity contribution in [3.63, 3.8) is 0 Å². The normalized spacial score (nSPS) is 20.2. The molecule has 0 aromatic heterocycles. The lowest BCUT2D eigenvalue weighted by Crippen LogP contribution is -2.40. The maximum absolute atomic E-state index is 12.2. The summed E-state index contributed by atoms with van der Waals surface area (Å²) in [6.45, 7) is 9.17. The van der Waals surface area contributed by atoms with Crippen LogP contribution in [0.15, 0.2) is 24.3 Å². The second kappa shape index (κ2) is 9.69. The Hall–Kier alpha value is -1.92. The first kappa shape index (κ1) is 20.4. The topological polar surface area (TPSA) is 71.1 Å². The molecule has 1 aliphatic rings. The standard InChI is InChI=1S/C20H28O6/c1-13(2)9-10-23-18(21)15-5-7-16(8-6-15)19(22)26-17-11-24-20(14(3)4)25-12-17/h5-8,13-14,17,20H,9-12H2,1-4H3. The van der Waals surface area contributed by atoms with Crippen LogP contribution in [0, 0.1) is 11.8 Å². The van der Waals surface area contributed by atoms with Crippen LogP contribution >= 0.6 is 0 Å². The summed E-state index contributed by atoms with van der Waals surface area (Å²) >= 11 is 0. The van der Waals surface area contributed by atoms with Crippen LogP contribution in [-0.2, 0) is 18.9 Å². The van der Waals surface area contributed by atoms with E-state index < -0.39 is 12.1 Å². The molecule has 1 aliphatic heterocycles. The van der Waals surface area contributed by atoms with Crippen molar-refractivity contribution in [3.05, 3.63) is 35.4 Å². The van der Waals surface area contributed by atoms with Gasteiger partial charge in [0.2, 0.25) is 0 Å². The summed E-state index contributed by atoms with van der Waals surface area (Å²) in [6, 6.07) is 6.25. The van der Waals surface area contributed by atoms with E-state index in [4.69, 9.17) is 18.9 Å². The maximum Gasteiger partial charge on any atom is 0.338 e. The molecule has 0 amide bonds. The van der Waals surface area contributed by atoms with Gasteiger partial charge in [-0.1, -0.05) is 27.7 Å². The van der Waals surface area contributed by atoms with E-state index in [2.05, 4.69) is 13.8 Å². The molecule has 0 aliphatic carbocycles. The predicted molar refractivity (Wildman–Crippen MR) is 95.9 cm³/mol. The fourth-order valence-electron chi connectivity index (χ4n) is 2.39. The monoisotopic (exact) mass is 364 g/mol. The molecule has 0 radical (unpaired) electrons. The van der Waals surface area contributed by atoms with Crippen LogP contribution in [0.3, 0.4) is 0 Å². The molecule has 1 fully saturated rings. The second-order valence-electron chi connectivity index (χ2n) is 7.20. The molecular formula is C20H28O6. The molecule has 26 heavy (non-hydrogen) atoms. The highest BCUT2D eigenvalue weighted by molar-refractivity contribution is 5.93. The molecule has 0 saturated carbocycles. The van der Waals surface area contributed by atoms with E-state index in [0.29, 0.717) is 36.9 Å². The molecule has 0 atom stereocenters. The highest BCUT2D eigenvalue weighted by Gasteiger charge is 2.27. The van der Waals surface area contributed by atoms with Gasteiger partial charge in [0.15, 0.2) is 6.29 Å². The molecule has 0 unspecified atom stereocenters. The molecule has 1 aromatic carbocycles. The van der Waals surface area contributed by atoms with Crippen molar-refractivity contribution in [1.82, 2.24) is 0 Å². The molecule has 0 bridgehead atoms. The summed E-state index contributed by atoms with van der Waals surface area (Å²) in [6.07, 6.45) is 0.128. The summed E-state index contributed by atoms with van der Waals surface area (Å²) in [5.41, 5.74) is 0.782. The van der Waals surface area contributed by atoms with Crippen molar-refractivity contribution in [2.45, 2.75) is 46.5 Å². The average molecular weight is 364 g/mol. The summed E-state index contributed by atoms with van der Waals surface area (Å²) in [4.78, 5) is 24.1.